The maximum atomic E-state index is 15.4. The van der Waals surface area contributed by atoms with Crippen molar-refractivity contribution in [2.75, 3.05) is 0 Å². The largest absolute Gasteiger partial charge is 0.417 e. The molecule has 10 aromatic carbocycles. The highest BCUT2D eigenvalue weighted by Gasteiger charge is 2.35. The maximum Gasteiger partial charge on any atom is 0.417 e. The summed E-state index contributed by atoms with van der Waals surface area (Å²) in [5.41, 5.74) is 12.3. The highest BCUT2D eigenvalue weighted by molar-refractivity contribution is 6.14. The highest BCUT2D eigenvalue weighted by atomic mass is 19.4. The summed E-state index contributed by atoms with van der Waals surface area (Å²) < 4.78 is 50.1. The van der Waals surface area contributed by atoms with Gasteiger partial charge in [0.15, 0.2) is 0 Å². The van der Waals surface area contributed by atoms with E-state index in [1.807, 2.05) is 94.1 Å². The van der Waals surface area contributed by atoms with E-state index in [0.717, 1.165) is 94.2 Å². The molecule has 322 valence electrons. The van der Waals surface area contributed by atoms with Gasteiger partial charge in [0.25, 0.3) is 0 Å². The van der Waals surface area contributed by atoms with Crippen LogP contribution in [0, 0.1) is 11.3 Å². The van der Waals surface area contributed by atoms with Crippen molar-refractivity contribution in [1.82, 2.24) is 9.13 Å². The van der Waals surface area contributed by atoms with Gasteiger partial charge in [0.1, 0.15) is 6.07 Å². The van der Waals surface area contributed by atoms with Gasteiger partial charge in [-0.2, -0.15) is 18.4 Å². The van der Waals surface area contributed by atoms with Crippen molar-refractivity contribution in [3.05, 3.63) is 242 Å². The molecule has 0 spiro atoms. The average molecular weight is 882 g/mol. The third-order valence-corrected chi connectivity index (χ3v) is 13.2. The standard InChI is InChI=1S/C62H38F3N3/c63-62(64,65)55-24-14-13-23-49(55)54-38-60(67-56-29-25-44(40-15-5-1-6-16-40)33-50(56)51-34-45(26-30-57(51)67)41-17-7-2-8-18-41)48(39-66)37-61(54)68-58-31-27-46(42-19-9-3-10-20-42)35-52(58)53-36-47(28-32-59(53)68)43-21-11-4-12-22-43/h1-38H. The average Bonchev–Trinajstić information content (AvgIpc) is 3.90. The molecule has 0 unspecified atom stereocenters. The smallest absolute Gasteiger partial charge is 0.309 e. The summed E-state index contributed by atoms with van der Waals surface area (Å²) >= 11 is 0. The highest BCUT2D eigenvalue weighted by Crippen LogP contribution is 2.46. The normalized spacial score (nSPS) is 11.7. The summed E-state index contributed by atoms with van der Waals surface area (Å²) in [6, 6.07) is 77.5. The predicted octanol–water partition coefficient (Wildman–Crippen LogP) is 17.1. The van der Waals surface area contributed by atoms with Crippen LogP contribution in [0.2, 0.25) is 0 Å². The number of hydrogen-bond donors (Lipinski definition) is 0. The van der Waals surface area contributed by atoms with Crippen LogP contribution in [0.3, 0.4) is 0 Å². The molecule has 6 heteroatoms. The lowest BCUT2D eigenvalue weighted by atomic mass is 9.95. The van der Waals surface area contributed by atoms with Crippen molar-refractivity contribution in [2.24, 2.45) is 0 Å². The molecular formula is C62H38F3N3. The quantitative estimate of drug-likeness (QED) is 0.157. The van der Waals surface area contributed by atoms with Crippen molar-refractivity contribution >= 4 is 43.6 Å². The molecule has 0 saturated carbocycles. The Bertz CT molecular complexity index is 3740. The summed E-state index contributed by atoms with van der Waals surface area (Å²) in [7, 11) is 0. The van der Waals surface area contributed by atoms with E-state index in [1.165, 1.54) is 12.1 Å². The minimum absolute atomic E-state index is 0.0102. The molecule has 0 atom stereocenters. The number of halogens is 3. The Labute approximate surface area is 390 Å². The zero-order valence-corrected chi connectivity index (χ0v) is 36.4. The Morgan fingerprint density at radius 2 is 0.662 bits per heavy atom. The van der Waals surface area contributed by atoms with E-state index in [1.54, 1.807) is 18.2 Å². The molecule has 68 heavy (non-hydrogen) atoms. The fourth-order valence-electron chi connectivity index (χ4n) is 10.0. The summed E-state index contributed by atoms with van der Waals surface area (Å²) in [6.07, 6.45) is -4.67. The van der Waals surface area contributed by atoms with E-state index < -0.39 is 11.7 Å². The monoisotopic (exact) mass is 881 g/mol. The molecule has 0 radical (unpaired) electrons. The second-order valence-corrected chi connectivity index (χ2v) is 17.1. The Morgan fingerprint density at radius 3 is 1.01 bits per heavy atom. The molecule has 2 aromatic heterocycles. The zero-order valence-electron chi connectivity index (χ0n) is 36.4. The van der Waals surface area contributed by atoms with Gasteiger partial charge in [-0.25, -0.2) is 0 Å². The first-order valence-corrected chi connectivity index (χ1v) is 22.5. The van der Waals surface area contributed by atoms with Gasteiger partial charge in [-0.05, 0) is 117 Å². The van der Waals surface area contributed by atoms with Crippen LogP contribution in [0.15, 0.2) is 231 Å². The molecule has 3 nitrogen and oxygen atoms in total. The molecule has 0 fully saturated rings. The van der Waals surface area contributed by atoms with E-state index in [-0.39, 0.29) is 5.56 Å². The van der Waals surface area contributed by atoms with Crippen molar-refractivity contribution in [3.63, 3.8) is 0 Å². The molecule has 12 aromatic rings. The molecule has 0 bridgehead atoms. The zero-order chi connectivity index (χ0) is 45.9. The molecule has 0 aliphatic heterocycles. The van der Waals surface area contributed by atoms with Gasteiger partial charge < -0.3 is 9.13 Å². The number of rotatable bonds is 7. The summed E-state index contributed by atoms with van der Waals surface area (Å²) in [6.45, 7) is 0. The van der Waals surface area contributed by atoms with Gasteiger partial charge in [0, 0.05) is 27.1 Å². The van der Waals surface area contributed by atoms with E-state index in [0.29, 0.717) is 22.5 Å². The van der Waals surface area contributed by atoms with Crippen molar-refractivity contribution in [3.8, 4) is 73.1 Å². The van der Waals surface area contributed by atoms with E-state index in [2.05, 4.69) is 115 Å². The number of hydrogen-bond acceptors (Lipinski definition) is 1. The maximum absolute atomic E-state index is 15.4. The fourth-order valence-corrected chi connectivity index (χ4v) is 10.0. The lowest BCUT2D eigenvalue weighted by Crippen LogP contribution is -2.09. The molecule has 0 amide bonds. The summed E-state index contributed by atoms with van der Waals surface area (Å²) in [5, 5.41) is 15.1. The third kappa shape index (κ3) is 6.83. The topological polar surface area (TPSA) is 33.6 Å². The fraction of sp³-hybridized carbons (Fsp3) is 0.0161. The van der Waals surface area contributed by atoms with Gasteiger partial charge in [-0.15, -0.1) is 0 Å². The molecule has 0 N–H and O–H groups in total. The predicted molar refractivity (Wildman–Crippen MR) is 272 cm³/mol. The van der Waals surface area contributed by atoms with Crippen LogP contribution in [0.4, 0.5) is 13.2 Å². The first-order chi connectivity index (χ1) is 33.3. The summed E-state index contributed by atoms with van der Waals surface area (Å²) in [4.78, 5) is 0. The minimum atomic E-state index is -4.67. The number of benzene rings is 10. The van der Waals surface area contributed by atoms with Crippen LogP contribution in [-0.4, -0.2) is 9.13 Å². The van der Waals surface area contributed by atoms with Crippen LogP contribution < -0.4 is 0 Å². The van der Waals surface area contributed by atoms with E-state index in [9.17, 15) is 5.26 Å². The molecule has 12 rings (SSSR count). The second-order valence-electron chi connectivity index (χ2n) is 17.1. The number of alkyl halides is 3. The third-order valence-electron chi connectivity index (χ3n) is 13.2. The van der Waals surface area contributed by atoms with E-state index in [4.69, 9.17) is 0 Å². The molecular weight excluding hydrogens is 844 g/mol. The first-order valence-electron chi connectivity index (χ1n) is 22.5. The Kier molecular flexibility index (Phi) is 9.67. The number of nitrogens with zero attached hydrogens (tertiary/aromatic N) is 3. The van der Waals surface area contributed by atoms with Crippen molar-refractivity contribution in [1.29, 1.82) is 5.26 Å². The summed E-state index contributed by atoms with van der Waals surface area (Å²) in [5.74, 6) is 0. The van der Waals surface area contributed by atoms with Gasteiger partial charge in [0.05, 0.1) is 44.6 Å². The van der Waals surface area contributed by atoms with Crippen LogP contribution >= 0.6 is 0 Å². The second kappa shape index (κ2) is 16.2. The Balaban J connectivity index is 1.18. The number of aromatic nitrogens is 2. The molecule has 0 aliphatic carbocycles. The Hall–Kier alpha value is -8.92. The molecule has 0 saturated heterocycles. The number of fused-ring (bicyclic) bond motifs is 6. The number of nitriles is 1. The first kappa shape index (κ1) is 40.6. The van der Waals surface area contributed by atoms with Crippen LogP contribution in [0.25, 0.3) is 111 Å². The van der Waals surface area contributed by atoms with Crippen LogP contribution in [-0.2, 0) is 6.18 Å². The molecule has 2 heterocycles. The molecule has 0 aliphatic rings. The van der Waals surface area contributed by atoms with Gasteiger partial charge in [0.2, 0.25) is 0 Å². The van der Waals surface area contributed by atoms with Crippen molar-refractivity contribution < 1.29 is 13.2 Å². The Morgan fingerprint density at radius 1 is 0.324 bits per heavy atom. The van der Waals surface area contributed by atoms with Gasteiger partial charge >= 0.3 is 6.18 Å². The lowest BCUT2D eigenvalue weighted by Gasteiger charge is -2.21. The van der Waals surface area contributed by atoms with Crippen LogP contribution in [0.5, 0.6) is 0 Å². The SMILES string of the molecule is N#Cc1cc(-n2c3ccc(-c4ccccc4)cc3c3cc(-c4ccccc4)ccc32)c(-c2ccccc2C(F)(F)F)cc1-n1c2ccc(-c3ccccc3)cc2c2cc(-c3ccccc3)ccc21. The van der Waals surface area contributed by atoms with Crippen LogP contribution in [0.1, 0.15) is 11.1 Å². The lowest BCUT2D eigenvalue weighted by molar-refractivity contribution is -0.137. The van der Waals surface area contributed by atoms with Gasteiger partial charge in [-0.3, -0.25) is 0 Å². The van der Waals surface area contributed by atoms with E-state index >= 15 is 13.2 Å². The van der Waals surface area contributed by atoms with Crippen molar-refractivity contribution in [2.45, 2.75) is 6.18 Å². The minimum Gasteiger partial charge on any atom is -0.309 e. The van der Waals surface area contributed by atoms with Gasteiger partial charge in [-0.1, -0.05) is 164 Å².